The van der Waals surface area contributed by atoms with E-state index < -0.39 is 0 Å². The van der Waals surface area contributed by atoms with E-state index in [1.54, 1.807) is 31.4 Å². The van der Waals surface area contributed by atoms with Crippen LogP contribution in [0.25, 0.3) is 0 Å². The Labute approximate surface area is 164 Å². The molecule has 0 aromatic heterocycles. The molecule has 7 heteroatoms. The van der Waals surface area contributed by atoms with E-state index in [1.807, 2.05) is 20.8 Å². The summed E-state index contributed by atoms with van der Waals surface area (Å²) >= 11 is 6.30. The maximum absolute atomic E-state index is 12.7. The molecular formula is C20H24ClNO5. The van der Waals surface area contributed by atoms with Crippen LogP contribution in [-0.2, 0) is 0 Å². The molecule has 0 saturated heterocycles. The van der Waals surface area contributed by atoms with Gasteiger partial charge in [0, 0.05) is 17.3 Å². The van der Waals surface area contributed by atoms with E-state index >= 15 is 0 Å². The summed E-state index contributed by atoms with van der Waals surface area (Å²) in [5, 5.41) is 3.16. The number of amides is 1. The Kier molecular flexibility index (Phi) is 6.80. The Morgan fingerprint density at radius 1 is 0.963 bits per heavy atom. The van der Waals surface area contributed by atoms with Crippen LogP contribution in [0.15, 0.2) is 24.3 Å². The summed E-state index contributed by atoms with van der Waals surface area (Å²) in [6.07, 6.45) is -0.0782. The number of ether oxygens (including phenoxy) is 4. The monoisotopic (exact) mass is 393 g/mol. The van der Waals surface area contributed by atoms with E-state index in [0.717, 1.165) is 5.56 Å². The van der Waals surface area contributed by atoms with Gasteiger partial charge in [0.15, 0.2) is 23.0 Å². The molecule has 1 N–H and O–H groups in total. The first-order valence-electron chi connectivity index (χ1n) is 8.38. The molecule has 0 heterocycles. The van der Waals surface area contributed by atoms with E-state index in [0.29, 0.717) is 39.3 Å². The van der Waals surface area contributed by atoms with Crippen molar-refractivity contribution in [2.75, 3.05) is 26.6 Å². The van der Waals surface area contributed by atoms with Gasteiger partial charge in [-0.1, -0.05) is 11.6 Å². The Morgan fingerprint density at radius 3 is 2.11 bits per heavy atom. The Hall–Kier alpha value is -2.60. The van der Waals surface area contributed by atoms with Crippen LogP contribution in [0.2, 0.25) is 5.02 Å². The van der Waals surface area contributed by atoms with Crippen LogP contribution >= 0.6 is 11.6 Å². The number of methoxy groups -OCH3 is 3. The van der Waals surface area contributed by atoms with Crippen molar-refractivity contribution < 1.29 is 23.7 Å². The largest absolute Gasteiger partial charge is 0.493 e. The number of rotatable bonds is 7. The highest BCUT2D eigenvalue weighted by Crippen LogP contribution is 2.38. The minimum atomic E-state index is -0.332. The molecule has 0 aliphatic rings. The first kappa shape index (κ1) is 20.7. The first-order chi connectivity index (χ1) is 12.8. The SMILES string of the molecule is COc1cc(C)c(NC(=O)c2cc(Cl)c(OC(C)C)c(OC)c2)cc1OC. The highest BCUT2D eigenvalue weighted by atomic mass is 35.5. The lowest BCUT2D eigenvalue weighted by Gasteiger charge is -2.17. The molecule has 27 heavy (non-hydrogen) atoms. The van der Waals surface area contributed by atoms with Crippen molar-refractivity contribution in [2.45, 2.75) is 26.9 Å². The van der Waals surface area contributed by atoms with Crippen molar-refractivity contribution in [3.63, 3.8) is 0 Å². The van der Waals surface area contributed by atoms with Crippen molar-refractivity contribution in [2.24, 2.45) is 0 Å². The lowest BCUT2D eigenvalue weighted by atomic mass is 10.1. The molecule has 0 aliphatic heterocycles. The lowest BCUT2D eigenvalue weighted by molar-refractivity contribution is 0.102. The molecule has 0 spiro atoms. The average molecular weight is 394 g/mol. The number of halogens is 1. The van der Waals surface area contributed by atoms with Crippen LogP contribution in [0.4, 0.5) is 5.69 Å². The van der Waals surface area contributed by atoms with Crippen molar-refractivity contribution in [1.29, 1.82) is 0 Å². The number of carbonyl (C=O) groups excluding carboxylic acids is 1. The third-order valence-electron chi connectivity index (χ3n) is 3.82. The Balaban J connectivity index is 2.35. The number of carbonyl (C=O) groups is 1. The standard InChI is InChI=1S/C20H24ClNO5/c1-11(2)27-19-14(21)8-13(9-18(19)26-6)20(23)22-15-10-17(25-5)16(24-4)7-12(15)3/h7-11H,1-6H3,(H,22,23). The zero-order valence-electron chi connectivity index (χ0n) is 16.3. The average Bonchev–Trinajstić information content (AvgIpc) is 2.63. The maximum Gasteiger partial charge on any atom is 0.255 e. The van der Waals surface area contributed by atoms with Gasteiger partial charge in [0.05, 0.1) is 32.5 Å². The Morgan fingerprint density at radius 2 is 1.56 bits per heavy atom. The van der Waals surface area contributed by atoms with Gasteiger partial charge in [-0.3, -0.25) is 4.79 Å². The third-order valence-corrected chi connectivity index (χ3v) is 4.10. The van der Waals surface area contributed by atoms with Gasteiger partial charge in [-0.15, -0.1) is 0 Å². The third kappa shape index (κ3) is 4.77. The summed E-state index contributed by atoms with van der Waals surface area (Å²) in [6, 6.07) is 6.64. The fourth-order valence-corrected chi connectivity index (χ4v) is 2.77. The molecule has 1 amide bonds. The van der Waals surface area contributed by atoms with Gasteiger partial charge in [-0.05, 0) is 44.5 Å². The fourth-order valence-electron chi connectivity index (χ4n) is 2.51. The quantitative estimate of drug-likeness (QED) is 0.737. The smallest absolute Gasteiger partial charge is 0.255 e. The van der Waals surface area contributed by atoms with Crippen LogP contribution in [0, 0.1) is 6.92 Å². The van der Waals surface area contributed by atoms with Gasteiger partial charge < -0.3 is 24.3 Å². The second kappa shape index (κ2) is 8.86. The Bertz CT molecular complexity index is 836. The zero-order chi connectivity index (χ0) is 20.1. The number of aryl methyl sites for hydroxylation is 1. The van der Waals surface area contributed by atoms with Crippen molar-refractivity contribution >= 4 is 23.2 Å². The van der Waals surface area contributed by atoms with E-state index in [9.17, 15) is 4.79 Å². The number of benzene rings is 2. The summed E-state index contributed by atoms with van der Waals surface area (Å²) in [7, 11) is 4.60. The van der Waals surface area contributed by atoms with Crippen molar-refractivity contribution in [3.8, 4) is 23.0 Å². The van der Waals surface area contributed by atoms with Gasteiger partial charge in [-0.2, -0.15) is 0 Å². The summed E-state index contributed by atoms with van der Waals surface area (Å²) in [4.78, 5) is 12.7. The van der Waals surface area contributed by atoms with Crippen LogP contribution in [0.1, 0.15) is 29.8 Å². The summed E-state index contributed by atoms with van der Waals surface area (Å²) < 4.78 is 21.6. The van der Waals surface area contributed by atoms with Gasteiger partial charge in [0.1, 0.15) is 0 Å². The van der Waals surface area contributed by atoms with Crippen molar-refractivity contribution in [3.05, 3.63) is 40.4 Å². The van der Waals surface area contributed by atoms with Gasteiger partial charge in [0.2, 0.25) is 0 Å². The lowest BCUT2D eigenvalue weighted by Crippen LogP contribution is -2.14. The number of hydrogen-bond donors (Lipinski definition) is 1. The molecule has 0 radical (unpaired) electrons. The van der Waals surface area contributed by atoms with Crippen LogP contribution in [-0.4, -0.2) is 33.3 Å². The minimum Gasteiger partial charge on any atom is -0.493 e. The molecule has 0 bridgehead atoms. The van der Waals surface area contributed by atoms with E-state index in [-0.39, 0.29) is 12.0 Å². The first-order valence-corrected chi connectivity index (χ1v) is 8.76. The normalized spacial score (nSPS) is 10.5. The topological polar surface area (TPSA) is 66.0 Å². The van der Waals surface area contributed by atoms with Gasteiger partial charge in [0.25, 0.3) is 5.91 Å². The predicted octanol–water partition coefficient (Wildman–Crippen LogP) is 4.71. The van der Waals surface area contributed by atoms with Gasteiger partial charge >= 0.3 is 0 Å². The second-order valence-electron chi connectivity index (χ2n) is 6.13. The van der Waals surface area contributed by atoms with Crippen molar-refractivity contribution in [1.82, 2.24) is 0 Å². The number of hydrogen-bond acceptors (Lipinski definition) is 5. The minimum absolute atomic E-state index is 0.0782. The highest BCUT2D eigenvalue weighted by Gasteiger charge is 2.18. The second-order valence-corrected chi connectivity index (χ2v) is 6.54. The molecule has 0 saturated carbocycles. The molecule has 2 aromatic rings. The molecular weight excluding hydrogens is 370 g/mol. The molecule has 2 aromatic carbocycles. The van der Waals surface area contributed by atoms with E-state index in [4.69, 9.17) is 30.5 Å². The van der Waals surface area contributed by atoms with E-state index in [1.165, 1.54) is 14.2 Å². The number of nitrogens with one attached hydrogen (secondary N) is 1. The molecule has 0 fully saturated rings. The fraction of sp³-hybridized carbons (Fsp3) is 0.350. The molecule has 0 unspecified atom stereocenters. The molecule has 0 atom stereocenters. The highest BCUT2D eigenvalue weighted by molar-refractivity contribution is 6.32. The van der Waals surface area contributed by atoms with E-state index in [2.05, 4.69) is 5.32 Å². The molecule has 146 valence electrons. The van der Waals surface area contributed by atoms with Crippen LogP contribution in [0.3, 0.4) is 0 Å². The molecule has 0 aliphatic carbocycles. The summed E-state index contributed by atoms with van der Waals surface area (Å²) in [5.74, 6) is 1.59. The molecule has 6 nitrogen and oxygen atoms in total. The van der Waals surface area contributed by atoms with Crippen LogP contribution < -0.4 is 24.3 Å². The van der Waals surface area contributed by atoms with Crippen LogP contribution in [0.5, 0.6) is 23.0 Å². The number of anilines is 1. The predicted molar refractivity (Wildman–Crippen MR) is 106 cm³/mol. The maximum atomic E-state index is 12.7. The summed E-state index contributed by atoms with van der Waals surface area (Å²) in [5.41, 5.74) is 1.79. The summed E-state index contributed by atoms with van der Waals surface area (Å²) in [6.45, 7) is 5.64. The van der Waals surface area contributed by atoms with Gasteiger partial charge in [-0.25, -0.2) is 0 Å². The zero-order valence-corrected chi connectivity index (χ0v) is 17.1. The molecule has 2 rings (SSSR count).